The Bertz CT molecular complexity index is 483. The van der Waals surface area contributed by atoms with Crippen LogP contribution in [0.25, 0.3) is 11.1 Å². The molecular formula is C11H8Br2N2. The molecule has 1 heterocycles. The number of hydrogen-bond donors (Lipinski definition) is 1. The van der Waals surface area contributed by atoms with Crippen LogP contribution in [0.15, 0.2) is 45.6 Å². The number of nitrogen functional groups attached to an aromatic ring is 1. The lowest BCUT2D eigenvalue weighted by molar-refractivity contribution is 1.32. The molecule has 0 amide bonds. The number of nitrogens with two attached hydrogens (primary N) is 1. The van der Waals surface area contributed by atoms with Crippen LogP contribution in [0.3, 0.4) is 0 Å². The molecule has 76 valence electrons. The summed E-state index contributed by atoms with van der Waals surface area (Å²) in [7, 11) is 0. The van der Waals surface area contributed by atoms with Crippen molar-refractivity contribution in [3.8, 4) is 11.1 Å². The molecular weight excluding hydrogens is 320 g/mol. The van der Waals surface area contributed by atoms with Crippen LogP contribution in [0.2, 0.25) is 0 Å². The van der Waals surface area contributed by atoms with Crippen LogP contribution in [0.1, 0.15) is 0 Å². The Morgan fingerprint density at radius 2 is 1.93 bits per heavy atom. The number of rotatable bonds is 1. The molecule has 1 aromatic heterocycles. The van der Waals surface area contributed by atoms with Gasteiger partial charge in [-0.3, -0.25) is 4.98 Å². The highest BCUT2D eigenvalue weighted by atomic mass is 79.9. The minimum Gasteiger partial charge on any atom is -0.398 e. The van der Waals surface area contributed by atoms with Crippen LogP contribution in [-0.2, 0) is 0 Å². The number of benzene rings is 1. The van der Waals surface area contributed by atoms with Gasteiger partial charge in [0.1, 0.15) is 0 Å². The molecule has 2 rings (SSSR count). The molecule has 0 saturated carbocycles. The second-order valence-electron chi connectivity index (χ2n) is 3.07. The second-order valence-corrected chi connectivity index (χ2v) is 4.71. The Morgan fingerprint density at radius 1 is 1.13 bits per heavy atom. The van der Waals surface area contributed by atoms with E-state index in [1.54, 1.807) is 6.20 Å². The lowest BCUT2D eigenvalue weighted by Crippen LogP contribution is -1.90. The fourth-order valence-corrected chi connectivity index (χ4v) is 2.74. The van der Waals surface area contributed by atoms with Gasteiger partial charge in [0.15, 0.2) is 0 Å². The molecule has 0 spiro atoms. The molecule has 4 heteroatoms. The van der Waals surface area contributed by atoms with Gasteiger partial charge in [-0.25, -0.2) is 0 Å². The normalized spacial score (nSPS) is 10.3. The van der Waals surface area contributed by atoms with E-state index < -0.39 is 0 Å². The van der Waals surface area contributed by atoms with Crippen molar-refractivity contribution in [2.45, 2.75) is 0 Å². The molecule has 15 heavy (non-hydrogen) atoms. The van der Waals surface area contributed by atoms with E-state index in [1.165, 1.54) is 0 Å². The van der Waals surface area contributed by atoms with Crippen molar-refractivity contribution < 1.29 is 0 Å². The van der Waals surface area contributed by atoms with Crippen molar-refractivity contribution in [2.75, 3.05) is 5.73 Å². The van der Waals surface area contributed by atoms with Crippen LogP contribution in [-0.4, -0.2) is 4.98 Å². The number of anilines is 1. The molecule has 2 N–H and O–H groups in total. The van der Waals surface area contributed by atoms with Crippen LogP contribution in [0.4, 0.5) is 5.69 Å². The molecule has 1 aromatic carbocycles. The van der Waals surface area contributed by atoms with Crippen molar-refractivity contribution in [3.05, 3.63) is 45.6 Å². The molecule has 0 bridgehead atoms. The fraction of sp³-hybridized carbons (Fsp3) is 0. The maximum absolute atomic E-state index is 5.84. The highest BCUT2D eigenvalue weighted by Gasteiger charge is 2.09. The topological polar surface area (TPSA) is 38.9 Å². The largest absolute Gasteiger partial charge is 0.398 e. The number of hydrogen-bond acceptors (Lipinski definition) is 2. The summed E-state index contributed by atoms with van der Waals surface area (Å²) in [5.74, 6) is 0. The molecule has 2 aromatic rings. The van der Waals surface area contributed by atoms with Crippen molar-refractivity contribution >= 4 is 37.5 Å². The van der Waals surface area contributed by atoms with E-state index in [1.807, 2.05) is 30.5 Å². The molecule has 0 aliphatic heterocycles. The monoisotopic (exact) mass is 326 g/mol. The first-order valence-electron chi connectivity index (χ1n) is 4.34. The fourth-order valence-electron chi connectivity index (χ4n) is 1.34. The molecule has 0 fully saturated rings. The van der Waals surface area contributed by atoms with E-state index in [2.05, 4.69) is 36.8 Å². The summed E-state index contributed by atoms with van der Waals surface area (Å²) in [6.45, 7) is 0. The zero-order valence-corrected chi connectivity index (χ0v) is 10.9. The van der Waals surface area contributed by atoms with Crippen LogP contribution in [0.5, 0.6) is 0 Å². The van der Waals surface area contributed by atoms with Gasteiger partial charge >= 0.3 is 0 Å². The average Bonchev–Trinajstić information content (AvgIpc) is 2.26. The molecule has 0 aliphatic carbocycles. The first-order valence-corrected chi connectivity index (χ1v) is 5.92. The zero-order chi connectivity index (χ0) is 10.8. The van der Waals surface area contributed by atoms with Gasteiger partial charge in [0.2, 0.25) is 0 Å². The summed E-state index contributed by atoms with van der Waals surface area (Å²) >= 11 is 6.99. The SMILES string of the molecule is Nc1ccc(Br)c(-c2cccnc2)c1Br. The minimum absolute atomic E-state index is 0.719. The first kappa shape index (κ1) is 10.6. The van der Waals surface area contributed by atoms with Gasteiger partial charge < -0.3 is 5.73 Å². The third-order valence-corrected chi connectivity index (χ3v) is 3.59. The maximum atomic E-state index is 5.84. The predicted molar refractivity (Wildman–Crippen MR) is 69.5 cm³/mol. The van der Waals surface area contributed by atoms with E-state index >= 15 is 0 Å². The van der Waals surface area contributed by atoms with Crippen molar-refractivity contribution in [3.63, 3.8) is 0 Å². The Labute approximate surface area is 105 Å². The molecule has 0 saturated heterocycles. The van der Waals surface area contributed by atoms with Crippen LogP contribution in [0, 0.1) is 0 Å². The summed E-state index contributed by atoms with van der Waals surface area (Å²) in [6.07, 6.45) is 3.56. The van der Waals surface area contributed by atoms with Gasteiger partial charge in [0.25, 0.3) is 0 Å². The molecule has 0 atom stereocenters. The lowest BCUT2D eigenvalue weighted by Gasteiger charge is -2.09. The average molecular weight is 328 g/mol. The molecule has 0 unspecified atom stereocenters. The Morgan fingerprint density at radius 3 is 2.60 bits per heavy atom. The summed E-state index contributed by atoms with van der Waals surface area (Å²) in [5, 5.41) is 0. The van der Waals surface area contributed by atoms with Gasteiger partial charge in [0, 0.05) is 38.2 Å². The highest BCUT2D eigenvalue weighted by molar-refractivity contribution is 9.11. The maximum Gasteiger partial charge on any atom is 0.0495 e. The molecule has 0 radical (unpaired) electrons. The first-order chi connectivity index (χ1) is 7.20. The standard InChI is InChI=1S/C11H8Br2N2/c12-8-3-4-9(14)11(13)10(8)7-2-1-5-15-6-7/h1-6H,14H2. The van der Waals surface area contributed by atoms with Crippen molar-refractivity contribution in [1.82, 2.24) is 4.98 Å². The summed E-state index contributed by atoms with van der Waals surface area (Å²) in [6, 6.07) is 7.69. The van der Waals surface area contributed by atoms with E-state index in [0.29, 0.717) is 0 Å². The number of aromatic nitrogens is 1. The minimum atomic E-state index is 0.719. The van der Waals surface area contributed by atoms with Gasteiger partial charge in [0.05, 0.1) is 0 Å². The lowest BCUT2D eigenvalue weighted by atomic mass is 10.1. The highest BCUT2D eigenvalue weighted by Crippen LogP contribution is 2.37. The van der Waals surface area contributed by atoms with Crippen molar-refractivity contribution in [2.24, 2.45) is 0 Å². The summed E-state index contributed by atoms with van der Waals surface area (Å²) < 4.78 is 1.89. The Hall–Kier alpha value is -0.870. The Kier molecular flexibility index (Phi) is 3.07. The van der Waals surface area contributed by atoms with E-state index in [9.17, 15) is 0 Å². The van der Waals surface area contributed by atoms with Gasteiger partial charge in [-0.05, 0) is 34.1 Å². The van der Waals surface area contributed by atoms with Crippen LogP contribution >= 0.6 is 31.9 Å². The quantitative estimate of drug-likeness (QED) is 0.808. The molecule has 2 nitrogen and oxygen atoms in total. The van der Waals surface area contributed by atoms with E-state index in [0.717, 1.165) is 25.8 Å². The van der Waals surface area contributed by atoms with Crippen molar-refractivity contribution in [1.29, 1.82) is 0 Å². The number of halogens is 2. The predicted octanol–water partition coefficient (Wildman–Crippen LogP) is 3.86. The number of pyridine rings is 1. The number of nitrogens with zero attached hydrogens (tertiary/aromatic N) is 1. The van der Waals surface area contributed by atoms with E-state index in [4.69, 9.17) is 5.73 Å². The van der Waals surface area contributed by atoms with Crippen LogP contribution < -0.4 is 5.73 Å². The Balaban J connectivity index is 2.68. The van der Waals surface area contributed by atoms with E-state index in [-0.39, 0.29) is 0 Å². The zero-order valence-electron chi connectivity index (χ0n) is 7.74. The second kappa shape index (κ2) is 4.33. The third kappa shape index (κ3) is 2.06. The third-order valence-electron chi connectivity index (χ3n) is 2.07. The van der Waals surface area contributed by atoms with Gasteiger partial charge in [-0.1, -0.05) is 22.0 Å². The summed E-state index contributed by atoms with van der Waals surface area (Å²) in [4.78, 5) is 4.09. The molecule has 0 aliphatic rings. The van der Waals surface area contributed by atoms with Gasteiger partial charge in [-0.2, -0.15) is 0 Å². The summed E-state index contributed by atoms with van der Waals surface area (Å²) in [5.41, 5.74) is 8.62. The van der Waals surface area contributed by atoms with Gasteiger partial charge in [-0.15, -0.1) is 0 Å². The smallest absolute Gasteiger partial charge is 0.0495 e.